The molecule has 1 aliphatic heterocycles. The number of rotatable bonds is 7. The van der Waals surface area contributed by atoms with Gasteiger partial charge in [0.15, 0.2) is 5.96 Å². The summed E-state index contributed by atoms with van der Waals surface area (Å²) < 4.78 is 11.0. The number of hydrogen-bond donors (Lipinski definition) is 2. The highest BCUT2D eigenvalue weighted by Gasteiger charge is 2.21. The third kappa shape index (κ3) is 8.09. The minimum Gasteiger partial charge on any atom is -0.497 e. The molecule has 1 heterocycles. The third-order valence-electron chi connectivity index (χ3n) is 4.26. The second-order valence-corrected chi connectivity index (χ2v) is 6.57. The van der Waals surface area contributed by atoms with E-state index >= 15 is 0 Å². The molecular weight excluding hydrogens is 443 g/mol. The first kappa shape index (κ1) is 23.0. The van der Waals surface area contributed by atoms with Crippen molar-refractivity contribution in [1.29, 1.82) is 0 Å². The van der Waals surface area contributed by atoms with Gasteiger partial charge >= 0.3 is 0 Å². The second-order valence-electron chi connectivity index (χ2n) is 6.57. The molecule has 1 saturated heterocycles. The van der Waals surface area contributed by atoms with E-state index in [2.05, 4.69) is 40.4 Å². The molecule has 6 nitrogen and oxygen atoms in total. The molecule has 0 spiro atoms. The Kier molecular flexibility index (Phi) is 10.9. The number of methoxy groups -OCH3 is 1. The fraction of sp³-hybridized carbons (Fsp3) is 0.632. The standard InChI is InChI=1S/C19H32N4O2.HI/c1-15-13-23(14-16(2)25-15)10-6-9-21-19(20-3)22-12-17-7-5-8-18(11-17)24-4;/h5,7-8,11,15-16H,6,9-10,12-14H2,1-4H3,(H2,20,21,22);1H. The Hall–Kier alpha value is -1.06. The summed E-state index contributed by atoms with van der Waals surface area (Å²) >= 11 is 0. The average molecular weight is 476 g/mol. The Bertz CT molecular complexity index is 546. The average Bonchev–Trinajstić information content (AvgIpc) is 2.60. The van der Waals surface area contributed by atoms with Crippen molar-refractivity contribution >= 4 is 29.9 Å². The molecule has 0 amide bonds. The second kappa shape index (κ2) is 12.3. The van der Waals surface area contributed by atoms with Crippen LogP contribution in [0.15, 0.2) is 29.3 Å². The molecular formula is C19H33IN4O2. The van der Waals surface area contributed by atoms with E-state index in [0.29, 0.717) is 12.2 Å². The van der Waals surface area contributed by atoms with Crippen molar-refractivity contribution < 1.29 is 9.47 Å². The summed E-state index contributed by atoms with van der Waals surface area (Å²) in [5, 5.41) is 6.72. The van der Waals surface area contributed by atoms with E-state index in [0.717, 1.165) is 50.9 Å². The predicted octanol–water partition coefficient (Wildman–Crippen LogP) is 2.48. The first-order valence-corrected chi connectivity index (χ1v) is 9.06. The van der Waals surface area contributed by atoms with Crippen molar-refractivity contribution in [1.82, 2.24) is 15.5 Å². The van der Waals surface area contributed by atoms with Crippen LogP contribution in [0.4, 0.5) is 0 Å². The van der Waals surface area contributed by atoms with E-state index < -0.39 is 0 Å². The Morgan fingerprint density at radius 1 is 1.27 bits per heavy atom. The molecule has 2 rings (SSSR count). The largest absolute Gasteiger partial charge is 0.497 e. The summed E-state index contributed by atoms with van der Waals surface area (Å²) in [7, 11) is 3.48. The lowest BCUT2D eigenvalue weighted by Gasteiger charge is -2.35. The highest BCUT2D eigenvalue weighted by Crippen LogP contribution is 2.12. The van der Waals surface area contributed by atoms with E-state index in [4.69, 9.17) is 9.47 Å². The van der Waals surface area contributed by atoms with Crippen molar-refractivity contribution in [3.63, 3.8) is 0 Å². The normalized spacial score (nSPS) is 21.0. The number of nitrogens with zero attached hydrogens (tertiary/aromatic N) is 2. The van der Waals surface area contributed by atoms with Crippen LogP contribution in [-0.2, 0) is 11.3 Å². The molecule has 2 N–H and O–H groups in total. The van der Waals surface area contributed by atoms with Crippen molar-refractivity contribution in [2.24, 2.45) is 4.99 Å². The van der Waals surface area contributed by atoms with Crippen molar-refractivity contribution in [3.05, 3.63) is 29.8 Å². The van der Waals surface area contributed by atoms with Gasteiger partial charge < -0.3 is 20.1 Å². The molecule has 2 unspecified atom stereocenters. The number of nitrogens with one attached hydrogen (secondary N) is 2. The number of guanidine groups is 1. The van der Waals surface area contributed by atoms with Gasteiger partial charge in [0, 0.05) is 39.8 Å². The number of hydrogen-bond acceptors (Lipinski definition) is 4. The van der Waals surface area contributed by atoms with Gasteiger partial charge in [-0.15, -0.1) is 24.0 Å². The minimum absolute atomic E-state index is 0. The lowest BCUT2D eigenvalue weighted by Crippen LogP contribution is -2.46. The zero-order valence-corrected chi connectivity index (χ0v) is 18.7. The van der Waals surface area contributed by atoms with Crippen LogP contribution in [0.3, 0.4) is 0 Å². The molecule has 1 fully saturated rings. The topological polar surface area (TPSA) is 58.1 Å². The van der Waals surface area contributed by atoms with Crippen LogP contribution in [0.5, 0.6) is 5.75 Å². The maximum absolute atomic E-state index is 5.77. The third-order valence-corrected chi connectivity index (χ3v) is 4.26. The summed E-state index contributed by atoms with van der Waals surface area (Å²) in [6, 6.07) is 8.05. The van der Waals surface area contributed by atoms with E-state index in [1.165, 1.54) is 5.56 Å². The van der Waals surface area contributed by atoms with Crippen LogP contribution in [-0.4, -0.2) is 63.4 Å². The number of aliphatic imine (C=N–C) groups is 1. The molecule has 0 bridgehead atoms. The van der Waals surface area contributed by atoms with Crippen LogP contribution in [0.1, 0.15) is 25.8 Å². The van der Waals surface area contributed by atoms with Crippen LogP contribution in [0.25, 0.3) is 0 Å². The molecule has 0 aliphatic carbocycles. The molecule has 1 aromatic rings. The van der Waals surface area contributed by atoms with Gasteiger partial charge in [-0.3, -0.25) is 9.89 Å². The lowest BCUT2D eigenvalue weighted by molar-refractivity contribution is -0.0679. The first-order valence-electron chi connectivity index (χ1n) is 9.06. The van der Waals surface area contributed by atoms with Gasteiger partial charge in [-0.1, -0.05) is 12.1 Å². The molecule has 7 heteroatoms. The molecule has 26 heavy (non-hydrogen) atoms. The van der Waals surface area contributed by atoms with Gasteiger partial charge in [0.1, 0.15) is 5.75 Å². The number of halogens is 1. The Balaban J connectivity index is 0.00000338. The molecule has 0 radical (unpaired) electrons. The van der Waals surface area contributed by atoms with Gasteiger partial charge in [0.2, 0.25) is 0 Å². The first-order chi connectivity index (χ1) is 12.1. The molecule has 0 aromatic heterocycles. The molecule has 2 atom stereocenters. The van der Waals surface area contributed by atoms with Crippen molar-refractivity contribution in [2.75, 3.05) is 40.3 Å². The summed E-state index contributed by atoms with van der Waals surface area (Å²) in [4.78, 5) is 6.76. The van der Waals surface area contributed by atoms with Crippen LogP contribution < -0.4 is 15.4 Å². The number of benzene rings is 1. The predicted molar refractivity (Wildman–Crippen MR) is 118 cm³/mol. The molecule has 1 aromatic carbocycles. The fourth-order valence-electron chi connectivity index (χ4n) is 3.17. The van der Waals surface area contributed by atoms with Gasteiger partial charge in [0.05, 0.1) is 19.3 Å². The van der Waals surface area contributed by atoms with Crippen LogP contribution in [0, 0.1) is 0 Å². The van der Waals surface area contributed by atoms with E-state index in [-0.39, 0.29) is 24.0 Å². The Labute approximate surface area is 174 Å². The Morgan fingerprint density at radius 3 is 2.65 bits per heavy atom. The molecule has 148 valence electrons. The quantitative estimate of drug-likeness (QED) is 0.274. The molecule has 1 aliphatic rings. The minimum atomic E-state index is 0. The molecule has 0 saturated carbocycles. The zero-order valence-electron chi connectivity index (χ0n) is 16.3. The van der Waals surface area contributed by atoms with Gasteiger partial charge in [0.25, 0.3) is 0 Å². The zero-order chi connectivity index (χ0) is 18.1. The maximum atomic E-state index is 5.77. The number of morpholine rings is 1. The van der Waals surface area contributed by atoms with E-state index in [1.807, 2.05) is 18.2 Å². The lowest BCUT2D eigenvalue weighted by atomic mass is 10.2. The smallest absolute Gasteiger partial charge is 0.191 e. The monoisotopic (exact) mass is 476 g/mol. The van der Waals surface area contributed by atoms with Crippen molar-refractivity contribution in [2.45, 2.75) is 39.0 Å². The van der Waals surface area contributed by atoms with Gasteiger partial charge in [-0.25, -0.2) is 0 Å². The SMILES string of the molecule is CN=C(NCCCN1CC(C)OC(C)C1)NCc1cccc(OC)c1.I. The highest BCUT2D eigenvalue weighted by atomic mass is 127. The maximum Gasteiger partial charge on any atom is 0.191 e. The Morgan fingerprint density at radius 2 is 2.00 bits per heavy atom. The van der Waals surface area contributed by atoms with Crippen LogP contribution >= 0.6 is 24.0 Å². The van der Waals surface area contributed by atoms with Gasteiger partial charge in [-0.05, 0) is 38.0 Å². The van der Waals surface area contributed by atoms with E-state index in [9.17, 15) is 0 Å². The summed E-state index contributed by atoms with van der Waals surface area (Å²) in [5.41, 5.74) is 1.17. The van der Waals surface area contributed by atoms with Crippen LogP contribution in [0.2, 0.25) is 0 Å². The summed E-state index contributed by atoms with van der Waals surface area (Å²) in [5.74, 6) is 1.70. The summed E-state index contributed by atoms with van der Waals surface area (Å²) in [6.07, 6.45) is 1.74. The summed E-state index contributed by atoms with van der Waals surface area (Å²) in [6.45, 7) is 9.03. The number of ether oxygens (including phenoxy) is 2. The van der Waals surface area contributed by atoms with Gasteiger partial charge in [-0.2, -0.15) is 0 Å². The highest BCUT2D eigenvalue weighted by molar-refractivity contribution is 14.0. The fourth-order valence-corrected chi connectivity index (χ4v) is 3.17. The van der Waals surface area contributed by atoms with Crippen molar-refractivity contribution in [3.8, 4) is 5.75 Å². The van der Waals surface area contributed by atoms with E-state index in [1.54, 1.807) is 14.2 Å².